The molecule has 7 aromatic carbocycles. The maximum atomic E-state index is 7.04. The van der Waals surface area contributed by atoms with Crippen LogP contribution in [0.5, 0.6) is 0 Å². The lowest BCUT2D eigenvalue weighted by molar-refractivity contribution is 0.332. The van der Waals surface area contributed by atoms with Gasteiger partial charge in [-0.25, -0.2) is 0 Å². The van der Waals surface area contributed by atoms with E-state index in [2.05, 4.69) is 165 Å². The molecule has 4 nitrogen and oxygen atoms in total. The lowest BCUT2D eigenvalue weighted by atomic mass is 9.45. The van der Waals surface area contributed by atoms with Crippen LogP contribution in [0.2, 0.25) is 0 Å². The number of furan rings is 2. The molecule has 2 aliphatic heterocycles. The highest BCUT2D eigenvalue weighted by molar-refractivity contribution is 7.27. The summed E-state index contributed by atoms with van der Waals surface area (Å²) in [6.07, 6.45) is 2.34. The summed E-state index contributed by atoms with van der Waals surface area (Å²) < 4.78 is 19.1. The molecule has 14 rings (SSSR count). The SMILES string of the molecule is Cc1cc2c(cc1N1c3cc4c(cc3B3c5c1cc1c(oc6ccccc61)c5-c1cccc5c6sc7ccccc7c6n3c15)oc1ccccc14)C(C)(C)CCC2(C)C. The summed E-state index contributed by atoms with van der Waals surface area (Å²) >= 11 is 1.91. The van der Waals surface area contributed by atoms with Crippen molar-refractivity contribution in [3.8, 4) is 11.1 Å². The van der Waals surface area contributed by atoms with Crippen molar-refractivity contribution >= 4 is 121 Å². The van der Waals surface area contributed by atoms with Crippen LogP contribution >= 0.6 is 11.3 Å². The lowest BCUT2D eigenvalue weighted by Crippen LogP contribution is -2.56. The molecule has 0 amide bonds. The Morgan fingerprint density at radius 2 is 1.24 bits per heavy atom. The van der Waals surface area contributed by atoms with Crippen molar-refractivity contribution in [2.24, 2.45) is 0 Å². The summed E-state index contributed by atoms with van der Waals surface area (Å²) in [5, 5.41) is 7.17. The van der Waals surface area contributed by atoms with E-state index in [1.54, 1.807) is 0 Å². The number of aryl methyl sites for hydroxylation is 1. The fraction of sp³-hybridized carbons (Fsp3) is 0.170. The molecule has 6 heterocycles. The summed E-state index contributed by atoms with van der Waals surface area (Å²) in [7, 11) is 0. The number of aromatic nitrogens is 1. The topological polar surface area (TPSA) is 34.5 Å². The Morgan fingerprint density at radius 1 is 0.576 bits per heavy atom. The van der Waals surface area contributed by atoms with Crippen molar-refractivity contribution in [2.45, 2.75) is 58.3 Å². The number of rotatable bonds is 1. The standard InChI is InChI=1S/C53H39BN2O2S/c1-28-23-36-37(53(4,5)22-21-52(36,2)3)26-39(28)55-40-24-34-29-13-6-9-18-42(29)57-44(34)27-38(40)54-47-41(55)25-35-30-14-7-10-19-43(30)58-50(35)46(47)32-16-12-17-33-48(32)56(54)49-31-15-8-11-20-45(31)59-51(33)49/h6-20,23-27H,21-22H2,1-5H3. The van der Waals surface area contributed by atoms with E-state index in [4.69, 9.17) is 8.83 Å². The monoisotopic (exact) mass is 778 g/mol. The summed E-state index contributed by atoms with van der Waals surface area (Å²) in [6.45, 7) is 11.9. The Morgan fingerprint density at radius 3 is 2.03 bits per heavy atom. The van der Waals surface area contributed by atoms with Crippen molar-refractivity contribution in [3.63, 3.8) is 0 Å². The predicted molar refractivity (Wildman–Crippen MR) is 250 cm³/mol. The summed E-state index contributed by atoms with van der Waals surface area (Å²) in [6, 6.07) is 45.3. The van der Waals surface area contributed by atoms with Gasteiger partial charge in [-0.05, 0) is 101 Å². The van der Waals surface area contributed by atoms with Crippen LogP contribution in [0.3, 0.4) is 0 Å². The van der Waals surface area contributed by atoms with E-state index in [1.165, 1.54) is 93.4 Å². The second-order valence-corrected chi connectivity index (χ2v) is 19.8. The van der Waals surface area contributed by atoms with Crippen molar-refractivity contribution in [3.05, 3.63) is 138 Å². The van der Waals surface area contributed by atoms with Gasteiger partial charge in [-0.1, -0.05) is 107 Å². The van der Waals surface area contributed by atoms with Crippen LogP contribution in [0.25, 0.3) is 86.2 Å². The van der Waals surface area contributed by atoms with Gasteiger partial charge in [0, 0.05) is 70.7 Å². The molecule has 0 fully saturated rings. The van der Waals surface area contributed by atoms with Crippen LogP contribution in [0.1, 0.15) is 57.2 Å². The summed E-state index contributed by atoms with van der Waals surface area (Å²) in [5.41, 5.74) is 19.2. The quantitative estimate of drug-likeness (QED) is 0.156. The molecule has 0 saturated heterocycles. The molecule has 6 heteroatoms. The Labute approximate surface area is 345 Å². The van der Waals surface area contributed by atoms with Gasteiger partial charge < -0.3 is 18.2 Å². The number of hydrogen-bond donors (Lipinski definition) is 0. The van der Waals surface area contributed by atoms with Gasteiger partial charge in [-0.15, -0.1) is 11.3 Å². The second-order valence-electron chi connectivity index (χ2n) is 18.7. The van der Waals surface area contributed by atoms with E-state index in [0.29, 0.717) is 0 Å². The van der Waals surface area contributed by atoms with Gasteiger partial charge in [0.15, 0.2) is 0 Å². The van der Waals surface area contributed by atoms with Crippen LogP contribution in [-0.2, 0) is 10.8 Å². The van der Waals surface area contributed by atoms with Gasteiger partial charge in [0.1, 0.15) is 22.3 Å². The summed E-state index contributed by atoms with van der Waals surface area (Å²) in [4.78, 5) is 2.62. The molecule has 282 valence electrons. The molecule has 0 spiro atoms. The third-order valence-corrected chi connectivity index (χ3v) is 15.7. The third-order valence-electron chi connectivity index (χ3n) is 14.5. The smallest absolute Gasteiger partial charge is 0.333 e. The molecule has 0 saturated carbocycles. The predicted octanol–water partition coefficient (Wildman–Crippen LogP) is 13.9. The zero-order valence-corrected chi connectivity index (χ0v) is 34.5. The molecule has 11 aromatic rings. The minimum atomic E-state index is -0.136. The minimum absolute atomic E-state index is 0.0462. The Balaban J connectivity index is 1.21. The van der Waals surface area contributed by atoms with Gasteiger partial charge >= 0.3 is 6.85 Å². The van der Waals surface area contributed by atoms with Gasteiger partial charge in [-0.3, -0.25) is 0 Å². The zero-order chi connectivity index (χ0) is 39.3. The first-order valence-corrected chi connectivity index (χ1v) is 21.8. The van der Waals surface area contributed by atoms with Crippen LogP contribution in [0, 0.1) is 6.92 Å². The van der Waals surface area contributed by atoms with Crippen LogP contribution in [-0.4, -0.2) is 11.3 Å². The molecular formula is C53H39BN2O2S. The highest BCUT2D eigenvalue weighted by atomic mass is 32.1. The number of thiophene rings is 1. The van der Waals surface area contributed by atoms with Crippen LogP contribution in [0.15, 0.2) is 130 Å². The number of hydrogen-bond acceptors (Lipinski definition) is 4. The van der Waals surface area contributed by atoms with Crippen LogP contribution in [0.4, 0.5) is 17.1 Å². The molecule has 4 aromatic heterocycles. The van der Waals surface area contributed by atoms with Crippen molar-refractivity contribution < 1.29 is 8.83 Å². The molecule has 0 N–H and O–H groups in total. The summed E-state index contributed by atoms with van der Waals surface area (Å²) in [5.74, 6) is 0. The molecule has 1 aliphatic carbocycles. The van der Waals surface area contributed by atoms with E-state index < -0.39 is 0 Å². The maximum absolute atomic E-state index is 7.04. The van der Waals surface area contributed by atoms with Crippen molar-refractivity contribution in [2.75, 3.05) is 4.90 Å². The van der Waals surface area contributed by atoms with Crippen molar-refractivity contribution in [1.29, 1.82) is 0 Å². The number of fused-ring (bicyclic) bond motifs is 17. The average molecular weight is 779 g/mol. The molecule has 3 aliphatic rings. The third kappa shape index (κ3) is 3.97. The van der Waals surface area contributed by atoms with E-state index >= 15 is 0 Å². The molecule has 0 unspecified atom stereocenters. The Hall–Kier alpha value is -6.24. The van der Waals surface area contributed by atoms with E-state index in [-0.39, 0.29) is 17.7 Å². The largest absolute Gasteiger partial charge is 0.456 e. The molecule has 0 bridgehead atoms. The van der Waals surface area contributed by atoms with Gasteiger partial charge in [0.2, 0.25) is 0 Å². The Kier molecular flexibility index (Phi) is 5.92. The van der Waals surface area contributed by atoms with Gasteiger partial charge in [0.25, 0.3) is 0 Å². The lowest BCUT2D eigenvalue weighted by Gasteiger charge is -2.44. The number of para-hydroxylation sites is 3. The first-order chi connectivity index (χ1) is 28.7. The first-order valence-electron chi connectivity index (χ1n) is 21.0. The second kappa shape index (κ2) is 10.7. The molecule has 0 radical (unpaired) electrons. The number of anilines is 3. The van der Waals surface area contributed by atoms with Gasteiger partial charge in [-0.2, -0.15) is 0 Å². The van der Waals surface area contributed by atoms with E-state index in [9.17, 15) is 0 Å². The van der Waals surface area contributed by atoms with E-state index in [0.717, 1.165) is 50.3 Å². The van der Waals surface area contributed by atoms with Crippen molar-refractivity contribution in [1.82, 2.24) is 4.48 Å². The normalized spacial score (nSPS) is 16.3. The number of benzene rings is 7. The first kappa shape index (κ1) is 32.7. The molecule has 0 atom stereocenters. The average Bonchev–Trinajstić information content (AvgIpc) is 3.99. The Bertz CT molecular complexity index is 3720. The fourth-order valence-electron chi connectivity index (χ4n) is 11.6. The highest BCUT2D eigenvalue weighted by Crippen LogP contribution is 2.54. The van der Waals surface area contributed by atoms with Crippen LogP contribution < -0.4 is 15.8 Å². The highest BCUT2D eigenvalue weighted by Gasteiger charge is 2.46. The molecular weight excluding hydrogens is 739 g/mol. The number of nitrogens with zero attached hydrogens (tertiary/aromatic N) is 2. The maximum Gasteiger partial charge on any atom is 0.333 e. The fourth-order valence-corrected chi connectivity index (χ4v) is 12.8. The molecule has 59 heavy (non-hydrogen) atoms. The minimum Gasteiger partial charge on any atom is -0.456 e. The zero-order valence-electron chi connectivity index (χ0n) is 33.7. The van der Waals surface area contributed by atoms with E-state index in [1.807, 2.05) is 11.3 Å². The van der Waals surface area contributed by atoms with Gasteiger partial charge in [0.05, 0.1) is 10.2 Å².